The van der Waals surface area contributed by atoms with Gasteiger partial charge in [-0.05, 0) is 48.4 Å². The Morgan fingerprint density at radius 2 is 2.13 bits per heavy atom. The Bertz CT molecular complexity index is 1150. The number of furan rings is 1. The number of carbonyl (C=O) groups excluding carboxylic acids is 2. The molecule has 0 aliphatic carbocycles. The van der Waals surface area contributed by atoms with Crippen molar-refractivity contribution in [3.05, 3.63) is 69.3 Å². The number of benzene rings is 1. The number of anilines is 2. The number of hydrogen-bond donors (Lipinski definition) is 1. The number of fused-ring (bicyclic) bond motifs is 1. The molecular weight excluding hydrogens is 426 g/mol. The first-order valence-electron chi connectivity index (χ1n) is 9.35. The van der Waals surface area contributed by atoms with Crippen molar-refractivity contribution < 1.29 is 18.8 Å². The Kier molecular flexibility index (Phi) is 4.80. The van der Waals surface area contributed by atoms with Crippen molar-refractivity contribution in [3.8, 4) is 0 Å². The molecule has 2 aliphatic heterocycles. The van der Waals surface area contributed by atoms with E-state index in [1.54, 1.807) is 23.1 Å². The van der Waals surface area contributed by atoms with E-state index in [1.807, 2.05) is 18.2 Å². The molecule has 9 heteroatoms. The highest BCUT2D eigenvalue weighted by Crippen LogP contribution is 2.32. The van der Waals surface area contributed by atoms with Crippen LogP contribution >= 0.6 is 22.9 Å². The third-order valence-electron chi connectivity index (χ3n) is 5.07. The van der Waals surface area contributed by atoms with E-state index in [-0.39, 0.29) is 11.8 Å². The average Bonchev–Trinajstić information content (AvgIpc) is 3.53. The number of halogens is 1. The van der Waals surface area contributed by atoms with Gasteiger partial charge in [0.25, 0.3) is 11.8 Å². The molecule has 0 radical (unpaired) electrons. The second-order valence-electron chi connectivity index (χ2n) is 6.99. The van der Waals surface area contributed by atoms with E-state index < -0.39 is 6.10 Å². The van der Waals surface area contributed by atoms with Crippen LogP contribution in [0.25, 0.3) is 0 Å². The fourth-order valence-electron chi connectivity index (χ4n) is 3.59. The first-order valence-corrected chi connectivity index (χ1v) is 10.5. The van der Waals surface area contributed by atoms with Crippen LogP contribution in [0.3, 0.4) is 0 Å². The van der Waals surface area contributed by atoms with Crippen LogP contribution < -0.4 is 10.2 Å². The van der Waals surface area contributed by atoms with Crippen molar-refractivity contribution >= 4 is 51.8 Å². The smallest absolute Gasteiger partial charge is 0.268 e. The standard InChI is InChI=1S/C21H16ClN3O4S/c22-19-4-3-18(30-19)15-10-17(29-24-15)20(26)23-14-1-2-16-12(9-14)5-7-25(16)21(27)13-6-8-28-11-13/h1-4,6,8-9,11,17H,5,7,10H2,(H,23,26). The molecule has 7 nitrogen and oxygen atoms in total. The summed E-state index contributed by atoms with van der Waals surface area (Å²) in [7, 11) is 0. The van der Waals surface area contributed by atoms with E-state index >= 15 is 0 Å². The zero-order valence-corrected chi connectivity index (χ0v) is 17.2. The van der Waals surface area contributed by atoms with E-state index in [9.17, 15) is 9.59 Å². The molecule has 1 unspecified atom stereocenters. The van der Waals surface area contributed by atoms with Crippen molar-refractivity contribution in [2.75, 3.05) is 16.8 Å². The first kappa shape index (κ1) is 18.9. The third kappa shape index (κ3) is 3.48. The van der Waals surface area contributed by atoms with Gasteiger partial charge in [-0.2, -0.15) is 0 Å². The van der Waals surface area contributed by atoms with Crippen LogP contribution in [0, 0.1) is 0 Å². The Balaban J connectivity index is 1.25. The van der Waals surface area contributed by atoms with Crippen LogP contribution in [0.2, 0.25) is 4.34 Å². The molecule has 1 atom stereocenters. The van der Waals surface area contributed by atoms with E-state index in [4.69, 9.17) is 20.9 Å². The molecule has 30 heavy (non-hydrogen) atoms. The Labute approximate surface area is 180 Å². The molecule has 2 aromatic heterocycles. The normalized spacial score (nSPS) is 17.4. The van der Waals surface area contributed by atoms with E-state index in [0.29, 0.717) is 28.6 Å². The molecule has 4 heterocycles. The Hall–Kier alpha value is -3.10. The van der Waals surface area contributed by atoms with Gasteiger partial charge < -0.3 is 19.5 Å². The molecular formula is C21H16ClN3O4S. The molecule has 0 saturated carbocycles. The molecule has 2 aliphatic rings. The molecule has 0 spiro atoms. The molecule has 0 fully saturated rings. The van der Waals surface area contributed by atoms with Crippen molar-refractivity contribution in [2.24, 2.45) is 5.16 Å². The van der Waals surface area contributed by atoms with Gasteiger partial charge in [-0.25, -0.2) is 0 Å². The van der Waals surface area contributed by atoms with Crippen LogP contribution in [0.1, 0.15) is 27.2 Å². The average molecular weight is 442 g/mol. The van der Waals surface area contributed by atoms with Gasteiger partial charge >= 0.3 is 0 Å². The summed E-state index contributed by atoms with van der Waals surface area (Å²) in [6.45, 7) is 0.586. The summed E-state index contributed by atoms with van der Waals surface area (Å²) in [5.74, 6) is -0.363. The minimum Gasteiger partial charge on any atom is -0.472 e. The van der Waals surface area contributed by atoms with Crippen LogP contribution in [-0.4, -0.2) is 30.2 Å². The number of thiophene rings is 1. The number of amides is 2. The summed E-state index contributed by atoms with van der Waals surface area (Å²) in [4.78, 5) is 33.2. The molecule has 152 valence electrons. The first-order chi connectivity index (χ1) is 14.6. The minimum absolute atomic E-state index is 0.100. The summed E-state index contributed by atoms with van der Waals surface area (Å²) in [6.07, 6.45) is 3.34. The highest BCUT2D eigenvalue weighted by Gasteiger charge is 2.30. The zero-order valence-electron chi connectivity index (χ0n) is 15.6. The predicted octanol–water partition coefficient (Wildman–Crippen LogP) is 4.33. The lowest BCUT2D eigenvalue weighted by atomic mass is 10.1. The van der Waals surface area contributed by atoms with Crippen LogP contribution in [-0.2, 0) is 16.1 Å². The maximum atomic E-state index is 12.6. The van der Waals surface area contributed by atoms with Crippen molar-refractivity contribution in [1.82, 2.24) is 0 Å². The largest absolute Gasteiger partial charge is 0.472 e. The van der Waals surface area contributed by atoms with Gasteiger partial charge in [-0.3, -0.25) is 9.59 Å². The molecule has 0 bridgehead atoms. The fourth-order valence-corrected chi connectivity index (χ4v) is 4.62. The topological polar surface area (TPSA) is 84.1 Å². The zero-order chi connectivity index (χ0) is 20.7. The molecule has 2 amide bonds. The number of nitrogens with one attached hydrogen (secondary N) is 1. The van der Waals surface area contributed by atoms with Crippen LogP contribution in [0.15, 0.2) is 58.5 Å². The highest BCUT2D eigenvalue weighted by molar-refractivity contribution is 7.18. The maximum Gasteiger partial charge on any atom is 0.268 e. The summed E-state index contributed by atoms with van der Waals surface area (Å²) in [5, 5.41) is 6.91. The molecule has 3 aromatic rings. The number of oxime groups is 1. The minimum atomic E-state index is -0.687. The lowest BCUT2D eigenvalue weighted by Gasteiger charge is -2.17. The van der Waals surface area contributed by atoms with Crippen molar-refractivity contribution in [3.63, 3.8) is 0 Å². The second-order valence-corrected chi connectivity index (χ2v) is 8.71. The predicted molar refractivity (Wildman–Crippen MR) is 115 cm³/mol. The summed E-state index contributed by atoms with van der Waals surface area (Å²) in [5.41, 5.74) is 3.74. The summed E-state index contributed by atoms with van der Waals surface area (Å²) < 4.78 is 5.68. The monoisotopic (exact) mass is 441 g/mol. The van der Waals surface area contributed by atoms with Gasteiger partial charge in [-0.1, -0.05) is 16.8 Å². The fraction of sp³-hybridized carbons (Fsp3) is 0.190. The summed E-state index contributed by atoms with van der Waals surface area (Å²) >= 11 is 7.37. The maximum absolute atomic E-state index is 12.6. The van der Waals surface area contributed by atoms with Crippen LogP contribution in [0.4, 0.5) is 11.4 Å². The Morgan fingerprint density at radius 1 is 1.23 bits per heavy atom. The quantitative estimate of drug-likeness (QED) is 0.653. The van der Waals surface area contributed by atoms with Crippen LogP contribution in [0.5, 0.6) is 0 Å². The van der Waals surface area contributed by atoms with E-state index in [1.165, 1.54) is 23.9 Å². The van der Waals surface area contributed by atoms with Gasteiger partial charge in [0.2, 0.25) is 6.10 Å². The van der Waals surface area contributed by atoms with Gasteiger partial charge in [0.15, 0.2) is 0 Å². The molecule has 5 rings (SSSR count). The van der Waals surface area contributed by atoms with Gasteiger partial charge in [-0.15, -0.1) is 11.3 Å². The van der Waals surface area contributed by atoms with Gasteiger partial charge in [0, 0.05) is 24.3 Å². The van der Waals surface area contributed by atoms with Gasteiger partial charge in [0.05, 0.1) is 21.0 Å². The number of nitrogens with zero attached hydrogens (tertiary/aromatic N) is 2. The lowest BCUT2D eigenvalue weighted by molar-refractivity contribution is -0.125. The van der Waals surface area contributed by atoms with Crippen molar-refractivity contribution in [1.29, 1.82) is 0 Å². The van der Waals surface area contributed by atoms with Crippen molar-refractivity contribution in [2.45, 2.75) is 18.9 Å². The van der Waals surface area contributed by atoms with E-state index in [2.05, 4.69) is 10.5 Å². The number of rotatable bonds is 4. The van der Waals surface area contributed by atoms with E-state index in [0.717, 1.165) is 28.3 Å². The lowest BCUT2D eigenvalue weighted by Crippen LogP contribution is -2.28. The molecule has 0 saturated heterocycles. The third-order valence-corrected chi connectivity index (χ3v) is 6.35. The highest BCUT2D eigenvalue weighted by atomic mass is 35.5. The number of carbonyl (C=O) groups is 2. The molecule has 1 N–H and O–H groups in total. The second kappa shape index (κ2) is 7.62. The van der Waals surface area contributed by atoms with Gasteiger partial charge in [0.1, 0.15) is 12.0 Å². The SMILES string of the molecule is O=C(Nc1ccc2c(c1)CCN2C(=O)c1ccoc1)C1CC(c2ccc(Cl)s2)=NO1. The number of hydrogen-bond acceptors (Lipinski definition) is 6. The summed E-state index contributed by atoms with van der Waals surface area (Å²) in [6, 6.07) is 10.8. The molecule has 1 aromatic carbocycles. The Morgan fingerprint density at radius 3 is 2.90 bits per heavy atom.